The lowest BCUT2D eigenvalue weighted by atomic mass is 10.4. The van der Waals surface area contributed by atoms with Crippen molar-refractivity contribution in [1.29, 1.82) is 0 Å². The van der Waals surface area contributed by atoms with Gasteiger partial charge in [0.1, 0.15) is 19.8 Å². The number of hydrogen-bond donors (Lipinski definition) is 1. The third-order valence-corrected chi connectivity index (χ3v) is 1.62. The van der Waals surface area contributed by atoms with E-state index in [4.69, 9.17) is 5.11 Å². The molecule has 122 valence electrons. The molecule has 0 aromatic rings. The Balaban J connectivity index is 4.80. The summed E-state index contributed by atoms with van der Waals surface area (Å²) < 4.78 is 110. The molecule has 0 aromatic heterocycles. The van der Waals surface area contributed by atoms with E-state index in [2.05, 4.69) is 14.2 Å². The largest absolute Gasteiger partial charge is 0.452 e. The molecule has 20 heavy (non-hydrogen) atoms. The van der Waals surface area contributed by atoms with E-state index in [1.54, 1.807) is 0 Å². The van der Waals surface area contributed by atoms with Gasteiger partial charge in [-0.1, -0.05) is 0 Å². The van der Waals surface area contributed by atoms with Crippen LogP contribution in [0.5, 0.6) is 0 Å². The maximum Gasteiger partial charge on any atom is 0.452 e. The minimum absolute atomic E-state index is 0.659. The number of halogens is 8. The molecule has 0 aromatic carbocycles. The first kappa shape index (κ1) is 19.3. The summed E-state index contributed by atoms with van der Waals surface area (Å²) in [5.41, 5.74) is 0. The van der Waals surface area contributed by atoms with Gasteiger partial charge in [-0.15, -0.1) is 0 Å². The van der Waals surface area contributed by atoms with Gasteiger partial charge in [0.25, 0.3) is 5.92 Å². The summed E-state index contributed by atoms with van der Waals surface area (Å²) in [6.45, 7) is -6.06. The molecule has 0 heterocycles. The smallest absolute Gasteiger partial charge is 0.390 e. The first-order valence-corrected chi connectivity index (χ1v) is 4.74. The Bertz CT molecular complexity index is 309. The fourth-order valence-corrected chi connectivity index (χ4v) is 0.770. The van der Waals surface area contributed by atoms with Gasteiger partial charge in [0, 0.05) is 7.11 Å². The second-order valence-electron chi connectivity index (χ2n) is 3.51. The molecule has 0 radical (unpaired) electrons. The first-order chi connectivity index (χ1) is 8.79. The highest BCUT2D eigenvalue weighted by Gasteiger charge is 2.64. The Hall–Kier alpha value is -0.720. The van der Waals surface area contributed by atoms with E-state index < -0.39 is 44.1 Å². The van der Waals surface area contributed by atoms with Crippen molar-refractivity contribution in [2.24, 2.45) is 0 Å². The monoisotopic (exact) mass is 322 g/mol. The van der Waals surface area contributed by atoms with Crippen molar-refractivity contribution in [2.45, 2.75) is 24.2 Å². The second-order valence-corrected chi connectivity index (χ2v) is 3.51. The van der Waals surface area contributed by atoms with Gasteiger partial charge in [-0.2, -0.15) is 26.3 Å². The lowest BCUT2D eigenvalue weighted by molar-refractivity contribution is -0.486. The van der Waals surface area contributed by atoms with Crippen LogP contribution in [0.4, 0.5) is 35.1 Å². The molecule has 0 saturated carbocycles. The van der Waals surface area contributed by atoms with Crippen LogP contribution in [-0.4, -0.2) is 56.3 Å². The highest BCUT2D eigenvalue weighted by Crippen LogP contribution is 2.40. The molecular weight excluding hydrogens is 312 g/mol. The number of rotatable bonds is 9. The second kappa shape index (κ2) is 6.37. The van der Waals surface area contributed by atoms with Crippen LogP contribution in [0.25, 0.3) is 0 Å². The molecular formula is C8H10F8O4. The lowest BCUT2D eigenvalue weighted by Crippen LogP contribution is -2.51. The van der Waals surface area contributed by atoms with E-state index in [0.717, 1.165) is 0 Å². The average Bonchev–Trinajstić information content (AvgIpc) is 2.25. The quantitative estimate of drug-likeness (QED) is 0.660. The molecule has 0 saturated heterocycles. The average molecular weight is 322 g/mol. The van der Waals surface area contributed by atoms with Crippen molar-refractivity contribution < 1.29 is 54.4 Å². The Morgan fingerprint density at radius 3 is 1.75 bits per heavy atom. The molecule has 12 heteroatoms. The summed E-state index contributed by atoms with van der Waals surface area (Å²) in [4.78, 5) is 0. The van der Waals surface area contributed by atoms with Gasteiger partial charge < -0.3 is 14.6 Å². The maximum absolute atomic E-state index is 12.8. The topological polar surface area (TPSA) is 47.9 Å². The summed E-state index contributed by atoms with van der Waals surface area (Å²) in [6, 6.07) is 0. The molecule has 0 aliphatic heterocycles. The van der Waals surface area contributed by atoms with Crippen molar-refractivity contribution in [3.63, 3.8) is 0 Å². The summed E-state index contributed by atoms with van der Waals surface area (Å²) in [6.07, 6.45) is -16.5. The number of aliphatic hydroxyl groups is 1. The van der Waals surface area contributed by atoms with Gasteiger partial charge in [-0.25, -0.2) is 13.5 Å². The molecule has 4 nitrogen and oxygen atoms in total. The van der Waals surface area contributed by atoms with Crippen LogP contribution < -0.4 is 0 Å². The third-order valence-electron chi connectivity index (χ3n) is 1.62. The molecule has 0 unspecified atom stereocenters. The number of hydrogen-bond acceptors (Lipinski definition) is 4. The van der Waals surface area contributed by atoms with Crippen LogP contribution in [0.3, 0.4) is 0 Å². The Morgan fingerprint density at radius 1 is 0.850 bits per heavy atom. The molecule has 0 aliphatic rings. The predicted molar refractivity (Wildman–Crippen MR) is 45.8 cm³/mol. The molecule has 0 amide bonds. The van der Waals surface area contributed by atoms with E-state index in [9.17, 15) is 35.1 Å². The first-order valence-electron chi connectivity index (χ1n) is 4.74. The van der Waals surface area contributed by atoms with Crippen LogP contribution >= 0.6 is 0 Å². The number of ether oxygens (including phenoxy) is 3. The molecule has 0 fully saturated rings. The van der Waals surface area contributed by atoms with Crippen LogP contribution in [0.1, 0.15) is 0 Å². The predicted octanol–water partition coefficient (Wildman–Crippen LogP) is 2.07. The van der Waals surface area contributed by atoms with Crippen LogP contribution in [0, 0.1) is 0 Å². The van der Waals surface area contributed by atoms with Crippen molar-refractivity contribution in [3.05, 3.63) is 0 Å². The lowest BCUT2D eigenvalue weighted by Gasteiger charge is -2.29. The van der Waals surface area contributed by atoms with Gasteiger partial charge in [0.2, 0.25) is 0 Å². The van der Waals surface area contributed by atoms with Gasteiger partial charge in [-0.3, -0.25) is 0 Å². The fraction of sp³-hybridized carbons (Fsp3) is 1.00. The zero-order valence-corrected chi connectivity index (χ0v) is 9.82. The SMILES string of the molecule is COCC(F)(F)OC(F)(F)C(F)(F)OCC(F)(F)CO. The van der Waals surface area contributed by atoms with Gasteiger partial charge in [0.15, 0.2) is 0 Å². The molecule has 0 bridgehead atoms. The molecule has 0 spiro atoms. The summed E-state index contributed by atoms with van der Waals surface area (Å²) in [5.74, 6) is -4.26. The Kier molecular flexibility index (Phi) is 6.14. The number of methoxy groups -OCH3 is 1. The van der Waals surface area contributed by atoms with Gasteiger partial charge in [-0.05, 0) is 0 Å². The normalized spacial score (nSPS) is 14.7. The minimum atomic E-state index is -5.90. The maximum atomic E-state index is 12.8. The molecule has 0 aliphatic carbocycles. The number of alkyl halides is 8. The zero-order valence-electron chi connectivity index (χ0n) is 9.82. The molecule has 0 atom stereocenters. The molecule has 1 N–H and O–H groups in total. The standard InChI is InChI=1S/C8H10F8O4/c1-18-4-6(11,12)20-8(15,16)7(13,14)19-3-5(9,10)2-17/h17H,2-4H2,1H3. The van der Waals surface area contributed by atoms with Gasteiger partial charge >= 0.3 is 18.3 Å². The highest BCUT2D eigenvalue weighted by atomic mass is 19.3. The van der Waals surface area contributed by atoms with Crippen molar-refractivity contribution in [3.8, 4) is 0 Å². The third kappa shape index (κ3) is 5.73. The fourth-order valence-electron chi connectivity index (χ4n) is 0.770. The summed E-state index contributed by atoms with van der Waals surface area (Å²) in [7, 11) is 0.659. The Morgan fingerprint density at radius 2 is 1.35 bits per heavy atom. The zero-order chi connectivity index (χ0) is 16.2. The van der Waals surface area contributed by atoms with Crippen LogP contribution in [0.15, 0.2) is 0 Å². The van der Waals surface area contributed by atoms with E-state index in [1.807, 2.05) is 0 Å². The van der Waals surface area contributed by atoms with Crippen LogP contribution in [-0.2, 0) is 14.2 Å². The van der Waals surface area contributed by atoms with E-state index >= 15 is 0 Å². The van der Waals surface area contributed by atoms with Crippen molar-refractivity contribution in [1.82, 2.24) is 0 Å². The minimum Gasteiger partial charge on any atom is -0.390 e. The Labute approximate surface area is 107 Å². The summed E-state index contributed by atoms with van der Waals surface area (Å²) in [5, 5.41) is 8.02. The van der Waals surface area contributed by atoms with Crippen molar-refractivity contribution >= 4 is 0 Å². The van der Waals surface area contributed by atoms with E-state index in [1.165, 1.54) is 0 Å². The van der Waals surface area contributed by atoms with Crippen LogP contribution in [0.2, 0.25) is 0 Å². The summed E-state index contributed by atoms with van der Waals surface area (Å²) >= 11 is 0. The number of aliphatic hydroxyl groups excluding tert-OH is 1. The van der Waals surface area contributed by atoms with E-state index in [-0.39, 0.29) is 0 Å². The molecule has 0 rings (SSSR count). The highest BCUT2D eigenvalue weighted by molar-refractivity contribution is 4.72. The van der Waals surface area contributed by atoms with E-state index in [0.29, 0.717) is 7.11 Å². The van der Waals surface area contributed by atoms with Gasteiger partial charge in [0.05, 0.1) is 0 Å². The van der Waals surface area contributed by atoms with Crippen molar-refractivity contribution in [2.75, 3.05) is 26.9 Å².